The molecule has 1 saturated heterocycles. The highest BCUT2D eigenvalue weighted by atomic mass is 16.5. The molecule has 1 N–H and O–H groups in total. The average Bonchev–Trinajstić information content (AvgIpc) is 2.98. The Hall–Kier alpha value is -0.610. The zero-order chi connectivity index (χ0) is 10.8. The number of nitrogens with zero attached hydrogens (tertiary/aromatic N) is 1. The molecule has 0 radical (unpaired) electrons. The molecule has 2 rings (SSSR count). The highest BCUT2D eigenvalue weighted by Crippen LogP contribution is 2.39. The first-order chi connectivity index (χ1) is 7.18. The van der Waals surface area contributed by atoms with Crippen molar-refractivity contribution in [1.82, 2.24) is 4.90 Å². The standard InChI is InChI=1S/C11H19NO3/c1-12(9-2-4-15-5-3-9)7-8-6-10(8)11(13)14/h8-10H,2-7H2,1H3,(H,13,14). The van der Waals surface area contributed by atoms with Crippen LogP contribution < -0.4 is 0 Å². The fourth-order valence-electron chi connectivity index (χ4n) is 2.40. The van der Waals surface area contributed by atoms with Crippen molar-refractivity contribution in [2.45, 2.75) is 25.3 Å². The van der Waals surface area contributed by atoms with E-state index in [1.165, 1.54) is 0 Å². The van der Waals surface area contributed by atoms with Gasteiger partial charge >= 0.3 is 5.97 Å². The Morgan fingerprint density at radius 2 is 2.13 bits per heavy atom. The molecular formula is C11H19NO3. The Morgan fingerprint density at radius 3 is 2.67 bits per heavy atom. The molecule has 1 aliphatic carbocycles. The predicted octanol–water partition coefficient (Wildman–Crippen LogP) is 0.818. The van der Waals surface area contributed by atoms with Crippen LogP contribution >= 0.6 is 0 Å². The third-order valence-electron chi connectivity index (χ3n) is 3.58. The van der Waals surface area contributed by atoms with E-state index in [1.807, 2.05) is 0 Å². The Balaban J connectivity index is 1.73. The Bertz CT molecular complexity index is 238. The molecule has 0 bridgehead atoms. The van der Waals surface area contributed by atoms with Gasteiger partial charge in [0.1, 0.15) is 0 Å². The number of carboxylic acids is 1. The predicted molar refractivity (Wildman–Crippen MR) is 55.7 cm³/mol. The van der Waals surface area contributed by atoms with Crippen molar-refractivity contribution in [2.75, 3.05) is 26.8 Å². The van der Waals surface area contributed by atoms with Gasteiger partial charge in [0.05, 0.1) is 5.92 Å². The van der Waals surface area contributed by atoms with Crippen molar-refractivity contribution in [3.8, 4) is 0 Å². The summed E-state index contributed by atoms with van der Waals surface area (Å²) >= 11 is 0. The van der Waals surface area contributed by atoms with E-state index in [2.05, 4.69) is 11.9 Å². The van der Waals surface area contributed by atoms with Gasteiger partial charge in [-0.3, -0.25) is 4.79 Å². The highest BCUT2D eigenvalue weighted by molar-refractivity contribution is 5.73. The highest BCUT2D eigenvalue weighted by Gasteiger charge is 2.43. The first kappa shape index (κ1) is 10.9. The third-order valence-corrected chi connectivity index (χ3v) is 3.58. The van der Waals surface area contributed by atoms with Gasteiger partial charge in [0.25, 0.3) is 0 Å². The van der Waals surface area contributed by atoms with Crippen LogP contribution in [0.1, 0.15) is 19.3 Å². The maximum Gasteiger partial charge on any atom is 0.306 e. The molecule has 0 aromatic carbocycles. The van der Waals surface area contributed by atoms with E-state index in [4.69, 9.17) is 9.84 Å². The van der Waals surface area contributed by atoms with Gasteiger partial charge in [-0.05, 0) is 32.2 Å². The molecule has 86 valence electrons. The van der Waals surface area contributed by atoms with Gasteiger partial charge in [-0.2, -0.15) is 0 Å². The summed E-state index contributed by atoms with van der Waals surface area (Å²) in [5, 5.41) is 8.81. The van der Waals surface area contributed by atoms with Crippen LogP contribution in [0.15, 0.2) is 0 Å². The summed E-state index contributed by atoms with van der Waals surface area (Å²) in [4.78, 5) is 13.0. The third kappa shape index (κ3) is 2.69. The normalized spacial score (nSPS) is 31.9. The van der Waals surface area contributed by atoms with Crippen molar-refractivity contribution >= 4 is 5.97 Å². The molecule has 2 atom stereocenters. The zero-order valence-electron chi connectivity index (χ0n) is 9.19. The maximum atomic E-state index is 10.7. The lowest BCUT2D eigenvalue weighted by Crippen LogP contribution is -2.38. The zero-order valence-corrected chi connectivity index (χ0v) is 9.19. The average molecular weight is 213 g/mol. The lowest BCUT2D eigenvalue weighted by molar-refractivity contribution is -0.138. The number of aliphatic carboxylic acids is 1. The smallest absolute Gasteiger partial charge is 0.306 e. The molecule has 1 heterocycles. The molecule has 0 spiro atoms. The SMILES string of the molecule is CN(CC1CC1C(=O)O)C1CCOCC1. The molecule has 2 unspecified atom stereocenters. The molecule has 1 aliphatic heterocycles. The van der Waals surface area contributed by atoms with Gasteiger partial charge < -0.3 is 14.7 Å². The van der Waals surface area contributed by atoms with Crippen molar-refractivity contribution in [3.05, 3.63) is 0 Å². The summed E-state index contributed by atoms with van der Waals surface area (Å²) in [5.74, 6) is -0.317. The number of carboxylic acid groups (broad SMARTS) is 1. The van der Waals surface area contributed by atoms with Crippen LogP contribution in [0.4, 0.5) is 0 Å². The lowest BCUT2D eigenvalue weighted by atomic mass is 10.1. The van der Waals surface area contributed by atoms with E-state index >= 15 is 0 Å². The Kier molecular flexibility index (Phi) is 3.26. The summed E-state index contributed by atoms with van der Waals surface area (Å²) in [5.41, 5.74) is 0. The van der Waals surface area contributed by atoms with Crippen molar-refractivity contribution < 1.29 is 14.6 Å². The minimum atomic E-state index is -0.625. The largest absolute Gasteiger partial charge is 0.481 e. The van der Waals surface area contributed by atoms with E-state index in [0.29, 0.717) is 12.0 Å². The molecule has 15 heavy (non-hydrogen) atoms. The Labute approximate surface area is 90.2 Å². The molecule has 2 fully saturated rings. The molecule has 0 amide bonds. The van der Waals surface area contributed by atoms with Crippen molar-refractivity contribution in [3.63, 3.8) is 0 Å². The van der Waals surface area contributed by atoms with Crippen LogP contribution in [0, 0.1) is 11.8 Å². The van der Waals surface area contributed by atoms with Gasteiger partial charge in [0.15, 0.2) is 0 Å². The summed E-state index contributed by atoms with van der Waals surface area (Å²) in [7, 11) is 2.10. The van der Waals surface area contributed by atoms with E-state index in [9.17, 15) is 4.79 Å². The second-order valence-corrected chi connectivity index (χ2v) is 4.72. The second kappa shape index (κ2) is 4.49. The second-order valence-electron chi connectivity index (χ2n) is 4.72. The fourth-order valence-corrected chi connectivity index (χ4v) is 2.40. The summed E-state index contributed by atoms with van der Waals surface area (Å²) in [6, 6.07) is 0.591. The number of ether oxygens (including phenoxy) is 1. The van der Waals surface area contributed by atoms with Crippen molar-refractivity contribution in [2.24, 2.45) is 11.8 Å². The number of hydrogen-bond donors (Lipinski definition) is 1. The molecule has 0 aromatic rings. The molecule has 0 aromatic heterocycles. The molecule has 1 saturated carbocycles. The van der Waals surface area contributed by atoms with Gasteiger partial charge in [0, 0.05) is 25.8 Å². The number of rotatable bonds is 4. The molecule has 2 aliphatic rings. The van der Waals surface area contributed by atoms with E-state index in [1.54, 1.807) is 0 Å². The summed E-state index contributed by atoms with van der Waals surface area (Å²) < 4.78 is 5.31. The summed E-state index contributed by atoms with van der Waals surface area (Å²) in [6.45, 7) is 2.63. The van der Waals surface area contributed by atoms with Crippen LogP contribution in [-0.4, -0.2) is 48.8 Å². The van der Waals surface area contributed by atoms with Crippen LogP contribution in [-0.2, 0) is 9.53 Å². The quantitative estimate of drug-likeness (QED) is 0.751. The van der Waals surface area contributed by atoms with Gasteiger partial charge in [0.2, 0.25) is 0 Å². The first-order valence-corrected chi connectivity index (χ1v) is 5.69. The topological polar surface area (TPSA) is 49.8 Å². The molecule has 4 heteroatoms. The summed E-state index contributed by atoms with van der Waals surface area (Å²) in [6.07, 6.45) is 3.03. The van der Waals surface area contributed by atoms with Gasteiger partial charge in [-0.1, -0.05) is 0 Å². The molecule has 4 nitrogen and oxygen atoms in total. The maximum absolute atomic E-state index is 10.7. The fraction of sp³-hybridized carbons (Fsp3) is 0.909. The van der Waals surface area contributed by atoms with E-state index in [0.717, 1.165) is 39.0 Å². The van der Waals surface area contributed by atoms with Crippen LogP contribution in [0.5, 0.6) is 0 Å². The Morgan fingerprint density at radius 1 is 1.47 bits per heavy atom. The minimum Gasteiger partial charge on any atom is -0.481 e. The van der Waals surface area contributed by atoms with E-state index in [-0.39, 0.29) is 5.92 Å². The number of hydrogen-bond acceptors (Lipinski definition) is 3. The number of carbonyl (C=O) groups is 1. The molecular weight excluding hydrogens is 194 g/mol. The van der Waals surface area contributed by atoms with Crippen molar-refractivity contribution in [1.29, 1.82) is 0 Å². The first-order valence-electron chi connectivity index (χ1n) is 5.69. The van der Waals surface area contributed by atoms with Gasteiger partial charge in [-0.25, -0.2) is 0 Å². The van der Waals surface area contributed by atoms with Gasteiger partial charge in [-0.15, -0.1) is 0 Å². The van der Waals surface area contributed by atoms with Crippen LogP contribution in [0.3, 0.4) is 0 Å². The minimum absolute atomic E-state index is 0.0766. The van der Waals surface area contributed by atoms with Crippen LogP contribution in [0.2, 0.25) is 0 Å². The lowest BCUT2D eigenvalue weighted by Gasteiger charge is -2.31. The van der Waals surface area contributed by atoms with E-state index < -0.39 is 5.97 Å². The van der Waals surface area contributed by atoms with Crippen LogP contribution in [0.25, 0.3) is 0 Å². The monoisotopic (exact) mass is 213 g/mol.